The quantitative estimate of drug-likeness (QED) is 0.758. The monoisotopic (exact) mass is 387 g/mol. The van der Waals surface area contributed by atoms with Gasteiger partial charge in [-0.3, -0.25) is 4.79 Å². The van der Waals surface area contributed by atoms with Crippen LogP contribution in [0.15, 0.2) is 24.3 Å². The van der Waals surface area contributed by atoms with Crippen molar-refractivity contribution in [3.63, 3.8) is 0 Å². The molecule has 0 spiro atoms. The van der Waals surface area contributed by atoms with Gasteiger partial charge in [0.2, 0.25) is 0 Å². The summed E-state index contributed by atoms with van der Waals surface area (Å²) in [6.45, 7) is 9.06. The van der Waals surface area contributed by atoms with Crippen molar-refractivity contribution in [1.82, 2.24) is 9.88 Å². The zero-order valence-corrected chi connectivity index (χ0v) is 17.1. The van der Waals surface area contributed by atoms with E-state index in [1.807, 2.05) is 24.8 Å². The van der Waals surface area contributed by atoms with Crippen molar-refractivity contribution in [1.29, 1.82) is 0 Å². The molecule has 2 aliphatic rings. The summed E-state index contributed by atoms with van der Waals surface area (Å²) < 4.78 is 13.9. The lowest BCUT2D eigenvalue weighted by molar-refractivity contribution is 0.0599. The Morgan fingerprint density at radius 2 is 2.07 bits per heavy atom. The number of aromatic nitrogens is 1. The number of rotatable bonds is 2. The molecule has 6 heteroatoms. The summed E-state index contributed by atoms with van der Waals surface area (Å²) in [4.78, 5) is 23.1. The fourth-order valence-corrected chi connectivity index (χ4v) is 5.74. The Kier molecular flexibility index (Phi) is 4.49. The van der Waals surface area contributed by atoms with Gasteiger partial charge >= 0.3 is 0 Å². The molecule has 4 rings (SSSR count). The van der Waals surface area contributed by atoms with Gasteiger partial charge in [-0.05, 0) is 65.2 Å². The zero-order valence-electron chi connectivity index (χ0n) is 16.3. The minimum Gasteiger partial charge on any atom is -0.361 e. The average Bonchev–Trinajstić information content (AvgIpc) is 3.07. The Morgan fingerprint density at radius 3 is 2.74 bits per heavy atom. The first-order valence-electron chi connectivity index (χ1n) is 9.58. The minimum atomic E-state index is -0.218. The van der Waals surface area contributed by atoms with Gasteiger partial charge in [0, 0.05) is 22.6 Å². The van der Waals surface area contributed by atoms with Crippen LogP contribution in [-0.4, -0.2) is 40.0 Å². The van der Waals surface area contributed by atoms with Crippen molar-refractivity contribution in [2.45, 2.75) is 64.6 Å². The number of thiazole rings is 1. The topological polar surface area (TPSA) is 36.4 Å². The van der Waals surface area contributed by atoms with E-state index in [9.17, 15) is 9.18 Å². The van der Waals surface area contributed by atoms with E-state index < -0.39 is 0 Å². The van der Waals surface area contributed by atoms with Gasteiger partial charge in [0.05, 0.1) is 17.1 Å². The second-order valence-electron chi connectivity index (χ2n) is 8.28. The predicted molar refractivity (Wildman–Crippen MR) is 107 cm³/mol. The summed E-state index contributed by atoms with van der Waals surface area (Å²) in [5.74, 6) is -0.174. The standard InChI is InChI=1S/C21H26FN3OS/c1-13-19(23-14(2)27-13)20(26)24-10-6-9-17-18(24)12-21(3,4)25(17)16-8-5-7-15(22)11-16/h5,7-8,11,17-18H,6,9-10,12H2,1-4H3/t17-,18-/m0/s1. The summed E-state index contributed by atoms with van der Waals surface area (Å²) in [7, 11) is 0. The van der Waals surface area contributed by atoms with Crippen LogP contribution in [-0.2, 0) is 0 Å². The lowest BCUT2D eigenvalue weighted by Crippen LogP contribution is -2.53. The van der Waals surface area contributed by atoms with Gasteiger partial charge in [0.15, 0.2) is 0 Å². The van der Waals surface area contributed by atoms with Crippen molar-refractivity contribution in [3.8, 4) is 0 Å². The number of aryl methyl sites for hydroxylation is 2. The highest BCUT2D eigenvalue weighted by molar-refractivity contribution is 7.11. The number of halogens is 1. The number of anilines is 1. The van der Waals surface area contributed by atoms with Crippen LogP contribution in [0.25, 0.3) is 0 Å². The first-order chi connectivity index (χ1) is 12.8. The van der Waals surface area contributed by atoms with Gasteiger partial charge in [-0.2, -0.15) is 0 Å². The summed E-state index contributed by atoms with van der Waals surface area (Å²) in [6, 6.07) is 7.17. The molecule has 1 aromatic heterocycles. The molecule has 2 saturated heterocycles. The van der Waals surface area contributed by atoms with E-state index in [-0.39, 0.29) is 29.3 Å². The minimum absolute atomic E-state index is 0.0449. The molecule has 0 saturated carbocycles. The van der Waals surface area contributed by atoms with E-state index in [4.69, 9.17) is 0 Å². The lowest BCUT2D eigenvalue weighted by atomic mass is 9.93. The molecule has 27 heavy (non-hydrogen) atoms. The summed E-state index contributed by atoms with van der Waals surface area (Å²) in [5.41, 5.74) is 1.36. The molecule has 2 aromatic rings. The Labute approximate surface area is 164 Å². The molecule has 0 N–H and O–H groups in total. The van der Waals surface area contributed by atoms with Crippen LogP contribution in [0.4, 0.5) is 10.1 Å². The molecule has 1 aromatic carbocycles. The smallest absolute Gasteiger partial charge is 0.273 e. The molecule has 1 amide bonds. The molecule has 0 bridgehead atoms. The summed E-state index contributed by atoms with van der Waals surface area (Å²) >= 11 is 1.57. The van der Waals surface area contributed by atoms with E-state index >= 15 is 0 Å². The van der Waals surface area contributed by atoms with Gasteiger partial charge in [0.1, 0.15) is 11.5 Å². The first-order valence-corrected chi connectivity index (χ1v) is 10.4. The maximum atomic E-state index is 13.9. The number of carbonyl (C=O) groups is 1. The number of benzene rings is 1. The second kappa shape index (κ2) is 6.59. The number of nitrogens with zero attached hydrogens (tertiary/aromatic N) is 3. The van der Waals surface area contributed by atoms with Crippen LogP contribution >= 0.6 is 11.3 Å². The lowest BCUT2D eigenvalue weighted by Gasteiger charge is -2.42. The molecule has 0 radical (unpaired) electrons. The van der Waals surface area contributed by atoms with Crippen LogP contribution < -0.4 is 4.90 Å². The molecular weight excluding hydrogens is 361 g/mol. The maximum Gasteiger partial charge on any atom is 0.273 e. The fourth-order valence-electron chi connectivity index (χ4n) is 4.93. The highest BCUT2D eigenvalue weighted by Gasteiger charge is 2.51. The van der Waals surface area contributed by atoms with Crippen molar-refractivity contribution in [3.05, 3.63) is 45.7 Å². The van der Waals surface area contributed by atoms with Crippen LogP contribution in [0.1, 0.15) is 53.5 Å². The Morgan fingerprint density at radius 1 is 1.30 bits per heavy atom. The Bertz CT molecular complexity index is 878. The molecule has 0 aliphatic carbocycles. The molecule has 3 heterocycles. The summed E-state index contributed by atoms with van der Waals surface area (Å²) in [5, 5.41) is 0.928. The van der Waals surface area contributed by atoms with Crippen molar-refractivity contribution < 1.29 is 9.18 Å². The van der Waals surface area contributed by atoms with Crippen molar-refractivity contribution in [2.75, 3.05) is 11.4 Å². The number of piperidine rings is 1. The molecule has 2 aliphatic heterocycles. The normalized spacial score (nSPS) is 24.2. The third-order valence-electron chi connectivity index (χ3n) is 5.89. The van der Waals surface area contributed by atoms with Gasteiger partial charge in [0.25, 0.3) is 5.91 Å². The largest absolute Gasteiger partial charge is 0.361 e. The van der Waals surface area contributed by atoms with Gasteiger partial charge in [-0.25, -0.2) is 9.37 Å². The number of carbonyl (C=O) groups excluding carboxylic acids is 1. The van der Waals surface area contributed by atoms with Crippen LogP contribution in [0, 0.1) is 19.7 Å². The first kappa shape index (κ1) is 18.4. The van der Waals surface area contributed by atoms with E-state index in [0.29, 0.717) is 5.69 Å². The van der Waals surface area contributed by atoms with E-state index in [0.717, 1.165) is 41.4 Å². The number of likely N-dealkylation sites (tertiary alicyclic amines) is 1. The SMILES string of the molecule is Cc1nc(C(=O)N2CCC[C@H]3[C@@H]2CC(C)(C)N3c2cccc(F)c2)c(C)s1. The van der Waals surface area contributed by atoms with Crippen LogP contribution in [0.2, 0.25) is 0 Å². The van der Waals surface area contributed by atoms with Crippen molar-refractivity contribution in [2.24, 2.45) is 0 Å². The number of hydrogen-bond donors (Lipinski definition) is 0. The third-order valence-corrected chi connectivity index (χ3v) is 6.78. The Balaban J connectivity index is 1.68. The number of hydrogen-bond acceptors (Lipinski definition) is 4. The second-order valence-corrected chi connectivity index (χ2v) is 9.69. The van der Waals surface area contributed by atoms with Crippen molar-refractivity contribution >= 4 is 22.9 Å². The molecule has 0 unspecified atom stereocenters. The van der Waals surface area contributed by atoms with E-state index in [2.05, 4.69) is 23.7 Å². The maximum absolute atomic E-state index is 13.9. The van der Waals surface area contributed by atoms with E-state index in [1.54, 1.807) is 23.5 Å². The molecular formula is C21H26FN3OS. The molecule has 2 fully saturated rings. The molecule has 144 valence electrons. The number of fused-ring (bicyclic) bond motifs is 1. The van der Waals surface area contributed by atoms with Gasteiger partial charge in [-0.1, -0.05) is 6.07 Å². The van der Waals surface area contributed by atoms with Gasteiger partial charge in [-0.15, -0.1) is 11.3 Å². The number of amides is 1. The zero-order chi connectivity index (χ0) is 19.3. The van der Waals surface area contributed by atoms with E-state index in [1.165, 1.54) is 6.07 Å². The van der Waals surface area contributed by atoms with Gasteiger partial charge < -0.3 is 9.80 Å². The molecule has 4 nitrogen and oxygen atoms in total. The van der Waals surface area contributed by atoms with Crippen LogP contribution in [0.5, 0.6) is 0 Å². The Hall–Kier alpha value is -1.95. The molecule has 2 atom stereocenters. The third kappa shape index (κ3) is 3.14. The fraction of sp³-hybridized carbons (Fsp3) is 0.524. The predicted octanol–water partition coefficient (Wildman–Crippen LogP) is 4.56. The average molecular weight is 388 g/mol. The van der Waals surface area contributed by atoms with Crippen LogP contribution in [0.3, 0.4) is 0 Å². The highest BCUT2D eigenvalue weighted by Crippen LogP contribution is 2.44. The highest BCUT2D eigenvalue weighted by atomic mass is 32.1. The summed E-state index contributed by atoms with van der Waals surface area (Å²) in [6.07, 6.45) is 2.85.